The summed E-state index contributed by atoms with van der Waals surface area (Å²) in [5, 5.41) is 3.38. The minimum absolute atomic E-state index is 0.803. The van der Waals surface area contributed by atoms with Gasteiger partial charge in [-0.15, -0.1) is 0 Å². The van der Waals surface area contributed by atoms with Crippen LogP contribution in [0, 0.1) is 11.8 Å². The lowest BCUT2D eigenvalue weighted by Gasteiger charge is -2.22. The largest absolute Gasteiger partial charge is 0.357 e. The number of aryl methyl sites for hydroxylation is 1. The second kappa shape index (κ2) is 6.13. The molecule has 106 valence electrons. The van der Waals surface area contributed by atoms with E-state index in [0.717, 1.165) is 37.4 Å². The molecule has 0 spiro atoms. The fourth-order valence-corrected chi connectivity index (χ4v) is 2.31. The van der Waals surface area contributed by atoms with E-state index in [1.165, 1.54) is 12.1 Å². The van der Waals surface area contributed by atoms with Crippen LogP contribution in [0.5, 0.6) is 0 Å². The average Bonchev–Trinajstić information content (AvgIpc) is 2.94. The van der Waals surface area contributed by atoms with Gasteiger partial charge in [0.15, 0.2) is 5.96 Å². The first-order valence-electron chi connectivity index (χ1n) is 7.21. The second-order valence-corrected chi connectivity index (χ2v) is 5.63. The SMILES string of the molecule is CCNC(=NCC1CC1C)N(C)Cc1cccn1C. The van der Waals surface area contributed by atoms with E-state index in [4.69, 9.17) is 4.99 Å². The van der Waals surface area contributed by atoms with Crippen LogP contribution in [0.4, 0.5) is 0 Å². The van der Waals surface area contributed by atoms with Gasteiger partial charge in [-0.1, -0.05) is 6.92 Å². The van der Waals surface area contributed by atoms with Crippen molar-refractivity contribution in [2.24, 2.45) is 23.9 Å². The molecule has 1 aliphatic carbocycles. The normalized spacial score (nSPS) is 22.4. The zero-order valence-corrected chi connectivity index (χ0v) is 12.6. The summed E-state index contributed by atoms with van der Waals surface area (Å²) in [5.41, 5.74) is 1.30. The maximum absolute atomic E-state index is 4.76. The van der Waals surface area contributed by atoms with E-state index in [1.54, 1.807) is 0 Å². The highest BCUT2D eigenvalue weighted by Crippen LogP contribution is 2.37. The number of nitrogens with one attached hydrogen (secondary N) is 1. The van der Waals surface area contributed by atoms with E-state index in [9.17, 15) is 0 Å². The molecule has 2 rings (SSSR count). The smallest absolute Gasteiger partial charge is 0.194 e. The first kappa shape index (κ1) is 14.0. The molecule has 1 aliphatic rings. The lowest BCUT2D eigenvalue weighted by atomic mass is 10.3. The van der Waals surface area contributed by atoms with Crippen molar-refractivity contribution < 1.29 is 0 Å². The Hall–Kier alpha value is -1.45. The summed E-state index contributed by atoms with van der Waals surface area (Å²) in [4.78, 5) is 6.96. The molecule has 0 radical (unpaired) electrons. The van der Waals surface area contributed by atoms with Crippen molar-refractivity contribution in [2.45, 2.75) is 26.8 Å². The van der Waals surface area contributed by atoms with Crippen LogP contribution < -0.4 is 5.32 Å². The van der Waals surface area contributed by atoms with Crippen LogP contribution in [0.3, 0.4) is 0 Å². The van der Waals surface area contributed by atoms with Crippen molar-refractivity contribution in [2.75, 3.05) is 20.1 Å². The third-order valence-corrected chi connectivity index (χ3v) is 3.90. The van der Waals surface area contributed by atoms with Crippen LogP contribution in [-0.4, -0.2) is 35.6 Å². The maximum atomic E-state index is 4.76. The highest BCUT2D eigenvalue weighted by molar-refractivity contribution is 5.79. The molecule has 2 atom stereocenters. The molecule has 19 heavy (non-hydrogen) atoms. The first-order chi connectivity index (χ1) is 9.11. The van der Waals surface area contributed by atoms with Crippen LogP contribution in [0.1, 0.15) is 26.0 Å². The third kappa shape index (κ3) is 3.75. The Morgan fingerprint density at radius 3 is 2.84 bits per heavy atom. The quantitative estimate of drug-likeness (QED) is 0.651. The molecule has 1 aromatic rings. The van der Waals surface area contributed by atoms with Crippen molar-refractivity contribution in [3.8, 4) is 0 Å². The van der Waals surface area contributed by atoms with Gasteiger partial charge in [-0.2, -0.15) is 0 Å². The van der Waals surface area contributed by atoms with Crippen molar-refractivity contribution in [3.63, 3.8) is 0 Å². The summed E-state index contributed by atoms with van der Waals surface area (Å²) in [5.74, 6) is 2.68. The Kier molecular flexibility index (Phi) is 4.51. The van der Waals surface area contributed by atoms with E-state index < -0.39 is 0 Å². The fraction of sp³-hybridized carbons (Fsp3) is 0.667. The van der Waals surface area contributed by atoms with E-state index >= 15 is 0 Å². The van der Waals surface area contributed by atoms with Crippen molar-refractivity contribution in [1.82, 2.24) is 14.8 Å². The van der Waals surface area contributed by atoms with E-state index in [-0.39, 0.29) is 0 Å². The average molecular weight is 262 g/mol. The highest BCUT2D eigenvalue weighted by Gasteiger charge is 2.32. The van der Waals surface area contributed by atoms with Gasteiger partial charge in [-0.3, -0.25) is 4.99 Å². The van der Waals surface area contributed by atoms with Crippen molar-refractivity contribution in [1.29, 1.82) is 0 Å². The minimum Gasteiger partial charge on any atom is -0.357 e. The zero-order valence-electron chi connectivity index (χ0n) is 12.6. The zero-order chi connectivity index (χ0) is 13.8. The molecule has 0 aliphatic heterocycles. The van der Waals surface area contributed by atoms with Crippen LogP contribution in [0.15, 0.2) is 23.3 Å². The van der Waals surface area contributed by atoms with Gasteiger partial charge in [-0.25, -0.2) is 0 Å². The predicted octanol–water partition coefficient (Wildman–Crippen LogP) is 2.08. The summed E-state index contributed by atoms with van der Waals surface area (Å²) in [6, 6.07) is 4.24. The lowest BCUT2D eigenvalue weighted by molar-refractivity contribution is 0.461. The Morgan fingerprint density at radius 2 is 2.32 bits per heavy atom. The fourth-order valence-electron chi connectivity index (χ4n) is 2.31. The van der Waals surface area contributed by atoms with Crippen LogP contribution >= 0.6 is 0 Å². The number of nitrogens with zero attached hydrogens (tertiary/aromatic N) is 3. The lowest BCUT2D eigenvalue weighted by Crippen LogP contribution is -2.39. The van der Waals surface area contributed by atoms with Gasteiger partial charge in [0.05, 0.1) is 6.54 Å². The number of hydrogen-bond donors (Lipinski definition) is 1. The summed E-state index contributed by atoms with van der Waals surface area (Å²) >= 11 is 0. The summed E-state index contributed by atoms with van der Waals surface area (Å²) in [7, 11) is 4.18. The molecule has 0 bridgehead atoms. The Bertz CT molecular complexity index is 435. The Labute approximate surface area is 116 Å². The van der Waals surface area contributed by atoms with E-state index in [1.807, 2.05) is 0 Å². The highest BCUT2D eigenvalue weighted by atomic mass is 15.3. The van der Waals surface area contributed by atoms with Gasteiger partial charge in [-0.05, 0) is 37.3 Å². The Balaban J connectivity index is 1.95. The number of guanidine groups is 1. The standard InChI is InChI=1S/C15H26N4/c1-5-16-15(17-10-13-9-12(13)2)19(4)11-14-7-6-8-18(14)3/h6-8,12-13H,5,9-11H2,1-4H3,(H,16,17). The van der Waals surface area contributed by atoms with Crippen molar-refractivity contribution >= 4 is 5.96 Å². The van der Waals surface area contributed by atoms with Gasteiger partial charge in [0.1, 0.15) is 0 Å². The van der Waals surface area contributed by atoms with Gasteiger partial charge >= 0.3 is 0 Å². The van der Waals surface area contributed by atoms with Crippen LogP contribution in [0.2, 0.25) is 0 Å². The molecule has 4 heteroatoms. The summed E-state index contributed by atoms with van der Waals surface area (Å²) < 4.78 is 2.16. The number of aliphatic imine (C=N–C) groups is 1. The number of aromatic nitrogens is 1. The molecular weight excluding hydrogens is 236 g/mol. The molecule has 1 heterocycles. The number of rotatable bonds is 5. The predicted molar refractivity (Wildman–Crippen MR) is 80.1 cm³/mol. The number of hydrogen-bond acceptors (Lipinski definition) is 1. The molecule has 0 amide bonds. The van der Waals surface area contributed by atoms with Gasteiger partial charge < -0.3 is 14.8 Å². The maximum Gasteiger partial charge on any atom is 0.194 e. The molecule has 1 N–H and O–H groups in total. The molecule has 2 unspecified atom stereocenters. The van der Waals surface area contributed by atoms with Gasteiger partial charge in [0, 0.05) is 39.1 Å². The van der Waals surface area contributed by atoms with Gasteiger partial charge in [0.2, 0.25) is 0 Å². The van der Waals surface area contributed by atoms with Gasteiger partial charge in [0.25, 0.3) is 0 Å². The van der Waals surface area contributed by atoms with Crippen LogP contribution in [0.25, 0.3) is 0 Å². The third-order valence-electron chi connectivity index (χ3n) is 3.90. The molecule has 1 saturated carbocycles. The molecule has 4 nitrogen and oxygen atoms in total. The molecule has 1 fully saturated rings. The topological polar surface area (TPSA) is 32.6 Å². The van der Waals surface area contributed by atoms with Crippen LogP contribution in [-0.2, 0) is 13.6 Å². The molecule has 0 saturated heterocycles. The first-order valence-corrected chi connectivity index (χ1v) is 7.21. The van der Waals surface area contributed by atoms with E-state index in [0.29, 0.717) is 0 Å². The van der Waals surface area contributed by atoms with E-state index in [2.05, 4.69) is 61.1 Å². The molecule has 0 aromatic carbocycles. The molecule has 1 aromatic heterocycles. The summed E-state index contributed by atoms with van der Waals surface area (Å²) in [6.07, 6.45) is 3.42. The minimum atomic E-state index is 0.803. The van der Waals surface area contributed by atoms with Crippen molar-refractivity contribution in [3.05, 3.63) is 24.0 Å². The Morgan fingerprint density at radius 1 is 1.58 bits per heavy atom. The second-order valence-electron chi connectivity index (χ2n) is 5.63. The monoisotopic (exact) mass is 262 g/mol. The molecular formula is C15H26N4. The summed E-state index contributed by atoms with van der Waals surface area (Å²) in [6.45, 7) is 7.18.